The minimum absolute atomic E-state index is 0.0188. The molecule has 0 unspecified atom stereocenters. The van der Waals surface area contributed by atoms with Crippen LogP contribution in [-0.4, -0.2) is 18.7 Å². The zero-order valence-corrected chi connectivity index (χ0v) is 4.89. The molecule has 0 bridgehead atoms. The Hall–Kier alpha value is -1.32. The summed E-state index contributed by atoms with van der Waals surface area (Å²) in [5.41, 5.74) is 4.87. The van der Waals surface area contributed by atoms with Gasteiger partial charge in [0.1, 0.15) is 6.29 Å². The molecule has 0 aromatic carbocycles. The van der Waals surface area contributed by atoms with Crippen LogP contribution < -0.4 is 11.1 Å². The minimum atomic E-state index is -0.498. The quantitative estimate of drug-likeness (QED) is 0.369. The number of amides is 1. The first kappa shape index (κ1) is 7.68. The Labute approximate surface area is 52.7 Å². The third-order valence-corrected chi connectivity index (χ3v) is 0.638. The number of nitrogens with one attached hydrogen (secondary N) is 1. The normalized spacial score (nSPS) is 8.00. The third kappa shape index (κ3) is 3.28. The van der Waals surface area contributed by atoms with Gasteiger partial charge in [-0.3, -0.25) is 4.79 Å². The SMILES string of the molecule is C=C(N)C(=O)NCC=O. The minimum Gasteiger partial charge on any atom is -0.395 e. The van der Waals surface area contributed by atoms with Crippen LogP contribution in [0.5, 0.6) is 0 Å². The summed E-state index contributed by atoms with van der Waals surface area (Å²) in [5.74, 6) is -0.498. The van der Waals surface area contributed by atoms with Gasteiger partial charge >= 0.3 is 0 Å². The lowest BCUT2D eigenvalue weighted by atomic mass is 10.5. The maximum absolute atomic E-state index is 10.4. The molecule has 0 aliphatic heterocycles. The highest BCUT2D eigenvalue weighted by Crippen LogP contribution is 1.72. The van der Waals surface area contributed by atoms with Crippen molar-refractivity contribution < 1.29 is 9.59 Å². The van der Waals surface area contributed by atoms with Crippen molar-refractivity contribution in [1.29, 1.82) is 0 Å². The molecule has 0 rings (SSSR count). The fourth-order valence-electron chi connectivity index (χ4n) is 0.248. The Morgan fingerprint density at radius 2 is 2.33 bits per heavy atom. The lowest BCUT2D eigenvalue weighted by molar-refractivity contribution is -0.119. The van der Waals surface area contributed by atoms with E-state index < -0.39 is 5.91 Å². The topological polar surface area (TPSA) is 72.2 Å². The second-order valence-corrected chi connectivity index (χ2v) is 1.40. The van der Waals surface area contributed by atoms with Gasteiger partial charge in [0.25, 0.3) is 5.91 Å². The maximum atomic E-state index is 10.4. The summed E-state index contributed by atoms with van der Waals surface area (Å²) in [7, 11) is 0. The summed E-state index contributed by atoms with van der Waals surface area (Å²) in [6.07, 6.45) is 0.570. The first-order chi connectivity index (χ1) is 4.18. The van der Waals surface area contributed by atoms with Crippen molar-refractivity contribution in [2.75, 3.05) is 6.54 Å². The molecule has 9 heavy (non-hydrogen) atoms. The molecule has 0 saturated carbocycles. The molecule has 0 heterocycles. The Morgan fingerprint density at radius 3 is 2.67 bits per heavy atom. The Balaban J connectivity index is 3.51. The van der Waals surface area contributed by atoms with Crippen LogP contribution in [0.25, 0.3) is 0 Å². The van der Waals surface area contributed by atoms with Gasteiger partial charge in [0, 0.05) is 0 Å². The summed E-state index contributed by atoms with van der Waals surface area (Å²) >= 11 is 0. The molecule has 50 valence electrons. The number of rotatable bonds is 3. The molecule has 0 aromatic rings. The fourth-order valence-corrected chi connectivity index (χ4v) is 0.248. The van der Waals surface area contributed by atoms with Gasteiger partial charge in [-0.2, -0.15) is 0 Å². The molecule has 0 aliphatic rings. The zero-order valence-electron chi connectivity index (χ0n) is 4.89. The van der Waals surface area contributed by atoms with E-state index >= 15 is 0 Å². The molecule has 0 aliphatic carbocycles. The van der Waals surface area contributed by atoms with Crippen LogP contribution >= 0.6 is 0 Å². The standard InChI is InChI=1S/C5H8N2O2/c1-4(6)5(9)7-2-3-8/h3H,1-2,6H2,(H,7,9). The van der Waals surface area contributed by atoms with E-state index in [-0.39, 0.29) is 12.2 Å². The highest BCUT2D eigenvalue weighted by atomic mass is 16.2. The van der Waals surface area contributed by atoms with E-state index in [0.29, 0.717) is 6.29 Å². The average molecular weight is 128 g/mol. The maximum Gasteiger partial charge on any atom is 0.266 e. The number of carbonyl (C=O) groups is 2. The monoisotopic (exact) mass is 128 g/mol. The highest BCUT2D eigenvalue weighted by Gasteiger charge is 1.97. The molecular formula is C5H8N2O2. The second-order valence-electron chi connectivity index (χ2n) is 1.40. The van der Waals surface area contributed by atoms with Crippen molar-refractivity contribution in [3.63, 3.8) is 0 Å². The fraction of sp³-hybridized carbons (Fsp3) is 0.200. The van der Waals surface area contributed by atoms with Crippen molar-refractivity contribution in [1.82, 2.24) is 5.32 Å². The summed E-state index contributed by atoms with van der Waals surface area (Å²) in [6, 6.07) is 0. The Morgan fingerprint density at radius 1 is 1.78 bits per heavy atom. The van der Waals surface area contributed by atoms with E-state index in [1.807, 2.05) is 0 Å². The van der Waals surface area contributed by atoms with E-state index in [0.717, 1.165) is 0 Å². The zero-order chi connectivity index (χ0) is 7.28. The molecule has 3 N–H and O–H groups in total. The van der Waals surface area contributed by atoms with Gasteiger partial charge < -0.3 is 15.8 Å². The molecule has 0 atom stereocenters. The summed E-state index contributed by atoms with van der Waals surface area (Å²) in [5, 5.41) is 2.20. The van der Waals surface area contributed by atoms with Gasteiger partial charge in [0.2, 0.25) is 0 Å². The summed E-state index contributed by atoms with van der Waals surface area (Å²) in [4.78, 5) is 20.1. The first-order valence-corrected chi connectivity index (χ1v) is 2.34. The number of carbonyl (C=O) groups excluding carboxylic acids is 2. The summed E-state index contributed by atoms with van der Waals surface area (Å²) < 4.78 is 0. The lowest BCUT2D eigenvalue weighted by Gasteiger charge is -1.96. The number of nitrogens with two attached hydrogens (primary N) is 1. The summed E-state index contributed by atoms with van der Waals surface area (Å²) in [6.45, 7) is 3.14. The third-order valence-electron chi connectivity index (χ3n) is 0.638. The van der Waals surface area contributed by atoms with Crippen molar-refractivity contribution in [2.24, 2.45) is 5.73 Å². The Kier molecular flexibility index (Phi) is 3.12. The van der Waals surface area contributed by atoms with Crippen LogP contribution in [-0.2, 0) is 9.59 Å². The van der Waals surface area contributed by atoms with E-state index in [4.69, 9.17) is 5.73 Å². The van der Waals surface area contributed by atoms with E-state index in [2.05, 4.69) is 11.9 Å². The number of aldehydes is 1. The van der Waals surface area contributed by atoms with Crippen molar-refractivity contribution in [3.05, 3.63) is 12.3 Å². The van der Waals surface area contributed by atoms with Gasteiger partial charge in [-0.1, -0.05) is 6.58 Å². The predicted molar refractivity (Wildman–Crippen MR) is 32.4 cm³/mol. The van der Waals surface area contributed by atoms with Crippen LogP contribution in [0.2, 0.25) is 0 Å². The smallest absolute Gasteiger partial charge is 0.266 e. The van der Waals surface area contributed by atoms with Crippen molar-refractivity contribution in [3.8, 4) is 0 Å². The van der Waals surface area contributed by atoms with Crippen molar-refractivity contribution >= 4 is 12.2 Å². The molecule has 4 heteroatoms. The molecule has 4 nitrogen and oxygen atoms in total. The predicted octanol–water partition coefficient (Wildman–Crippen LogP) is -1.23. The average Bonchev–Trinajstić information content (AvgIpc) is 1.82. The molecule has 0 fully saturated rings. The molecule has 0 saturated heterocycles. The van der Waals surface area contributed by atoms with E-state index in [1.54, 1.807) is 0 Å². The van der Waals surface area contributed by atoms with Gasteiger partial charge in [-0.25, -0.2) is 0 Å². The van der Waals surface area contributed by atoms with Crippen LogP contribution in [0.15, 0.2) is 12.3 Å². The highest BCUT2D eigenvalue weighted by molar-refractivity contribution is 5.92. The first-order valence-electron chi connectivity index (χ1n) is 2.34. The largest absolute Gasteiger partial charge is 0.395 e. The number of hydrogen-bond donors (Lipinski definition) is 2. The van der Waals surface area contributed by atoms with E-state index in [1.165, 1.54) is 0 Å². The van der Waals surface area contributed by atoms with Gasteiger partial charge in [-0.05, 0) is 0 Å². The van der Waals surface area contributed by atoms with Crippen LogP contribution in [0.3, 0.4) is 0 Å². The molecule has 0 aromatic heterocycles. The molecule has 0 radical (unpaired) electrons. The molecule has 0 spiro atoms. The van der Waals surface area contributed by atoms with Crippen molar-refractivity contribution in [2.45, 2.75) is 0 Å². The molecule has 1 amide bonds. The number of hydrogen-bond acceptors (Lipinski definition) is 3. The van der Waals surface area contributed by atoms with Gasteiger partial charge in [0.15, 0.2) is 0 Å². The van der Waals surface area contributed by atoms with Gasteiger partial charge in [-0.15, -0.1) is 0 Å². The van der Waals surface area contributed by atoms with Crippen LogP contribution in [0.1, 0.15) is 0 Å². The van der Waals surface area contributed by atoms with Crippen LogP contribution in [0, 0.1) is 0 Å². The van der Waals surface area contributed by atoms with E-state index in [9.17, 15) is 9.59 Å². The van der Waals surface area contributed by atoms with Crippen LogP contribution in [0.4, 0.5) is 0 Å². The van der Waals surface area contributed by atoms with Gasteiger partial charge in [0.05, 0.1) is 12.2 Å². The lowest BCUT2D eigenvalue weighted by Crippen LogP contribution is -2.29. The Bertz CT molecular complexity index is 142. The molecular weight excluding hydrogens is 120 g/mol. The second kappa shape index (κ2) is 3.65.